The highest BCUT2D eigenvalue weighted by Crippen LogP contribution is 2.49. The van der Waals surface area contributed by atoms with Crippen LogP contribution in [0.1, 0.15) is 48.5 Å². The summed E-state index contributed by atoms with van der Waals surface area (Å²) in [4.78, 5) is 8.37. The fourth-order valence-electron chi connectivity index (χ4n) is 3.64. The van der Waals surface area contributed by atoms with E-state index < -0.39 is 29.5 Å². The largest absolute Gasteiger partial charge is 0.416 e. The Morgan fingerprint density at radius 1 is 1.03 bits per heavy atom. The second kappa shape index (κ2) is 7.16. The van der Waals surface area contributed by atoms with Gasteiger partial charge in [0.25, 0.3) is 11.8 Å². The Hall–Kier alpha value is -2.91. The van der Waals surface area contributed by atoms with Crippen molar-refractivity contribution in [3.63, 3.8) is 0 Å². The lowest BCUT2D eigenvalue weighted by atomic mass is 9.61. The van der Waals surface area contributed by atoms with E-state index in [4.69, 9.17) is 4.42 Å². The average molecular weight is 410 g/mol. The maximum atomic E-state index is 13.5. The van der Waals surface area contributed by atoms with Gasteiger partial charge in [-0.25, -0.2) is 9.97 Å². The Morgan fingerprint density at radius 2 is 1.72 bits per heavy atom. The van der Waals surface area contributed by atoms with Gasteiger partial charge in [0.1, 0.15) is 5.82 Å². The van der Waals surface area contributed by atoms with Crippen LogP contribution in [0.3, 0.4) is 0 Å². The second-order valence-corrected chi connectivity index (χ2v) is 6.99. The molecule has 1 fully saturated rings. The highest BCUT2D eigenvalue weighted by atomic mass is 19.4. The second-order valence-electron chi connectivity index (χ2n) is 6.99. The lowest BCUT2D eigenvalue weighted by molar-refractivity contribution is -0.139. The van der Waals surface area contributed by atoms with Gasteiger partial charge >= 0.3 is 12.6 Å². The SMILES string of the molecule is FC(F)c1nnc(-c2cnc(CC3(c4ccccc4C(F)(F)F)CCC3)nc2)o1. The van der Waals surface area contributed by atoms with E-state index >= 15 is 0 Å². The van der Waals surface area contributed by atoms with Crippen molar-refractivity contribution in [1.29, 1.82) is 0 Å². The quantitative estimate of drug-likeness (QED) is 0.545. The van der Waals surface area contributed by atoms with Crippen molar-refractivity contribution in [3.8, 4) is 11.5 Å². The van der Waals surface area contributed by atoms with Crippen LogP contribution in [0.5, 0.6) is 0 Å². The molecule has 4 rings (SSSR count). The summed E-state index contributed by atoms with van der Waals surface area (Å²) < 4.78 is 70.4. The van der Waals surface area contributed by atoms with E-state index in [1.807, 2.05) is 0 Å². The van der Waals surface area contributed by atoms with Crippen LogP contribution in [-0.4, -0.2) is 20.2 Å². The first-order chi connectivity index (χ1) is 13.8. The normalized spacial score (nSPS) is 16.1. The van der Waals surface area contributed by atoms with Gasteiger partial charge in [0.15, 0.2) is 0 Å². The zero-order valence-electron chi connectivity index (χ0n) is 15.0. The van der Waals surface area contributed by atoms with Gasteiger partial charge in [0.2, 0.25) is 0 Å². The summed E-state index contributed by atoms with van der Waals surface area (Å²) in [5.74, 6) is -0.590. The number of alkyl halides is 5. The fraction of sp³-hybridized carbons (Fsp3) is 0.368. The standard InChI is InChI=1S/C19H15F5N4O/c20-15(21)17-28-27-16(29-17)11-9-25-14(26-10-11)8-18(6-3-7-18)12-4-1-2-5-13(12)19(22,23)24/h1-2,4-5,9-10,15H,3,6-8H2. The zero-order chi connectivity index (χ0) is 20.6. The Morgan fingerprint density at radius 3 is 2.28 bits per heavy atom. The van der Waals surface area contributed by atoms with E-state index in [9.17, 15) is 22.0 Å². The Kier molecular flexibility index (Phi) is 4.79. The topological polar surface area (TPSA) is 64.7 Å². The molecule has 1 aromatic carbocycles. The van der Waals surface area contributed by atoms with Crippen LogP contribution < -0.4 is 0 Å². The molecule has 0 atom stereocenters. The third-order valence-corrected chi connectivity index (χ3v) is 5.19. The molecule has 0 spiro atoms. The van der Waals surface area contributed by atoms with E-state index in [-0.39, 0.29) is 23.4 Å². The summed E-state index contributed by atoms with van der Waals surface area (Å²) in [6, 6.07) is 5.59. The fourth-order valence-corrected chi connectivity index (χ4v) is 3.64. The molecule has 0 amide bonds. The van der Waals surface area contributed by atoms with Gasteiger partial charge < -0.3 is 4.42 Å². The molecule has 0 radical (unpaired) electrons. The molecule has 10 heteroatoms. The number of nitrogens with zero attached hydrogens (tertiary/aromatic N) is 4. The van der Waals surface area contributed by atoms with Gasteiger partial charge in [-0.05, 0) is 24.5 Å². The number of aromatic nitrogens is 4. The highest BCUT2D eigenvalue weighted by molar-refractivity contribution is 5.49. The molecule has 5 nitrogen and oxygen atoms in total. The molecule has 3 aromatic rings. The molecule has 152 valence electrons. The Balaban J connectivity index is 1.60. The summed E-state index contributed by atoms with van der Waals surface area (Å²) in [5, 5.41) is 6.76. The van der Waals surface area contributed by atoms with Crippen LogP contribution in [0.2, 0.25) is 0 Å². The van der Waals surface area contributed by atoms with Crippen LogP contribution in [0.25, 0.3) is 11.5 Å². The molecule has 0 saturated heterocycles. The van der Waals surface area contributed by atoms with E-state index in [2.05, 4.69) is 20.2 Å². The van der Waals surface area contributed by atoms with Gasteiger partial charge in [-0.15, -0.1) is 10.2 Å². The van der Waals surface area contributed by atoms with Crippen molar-refractivity contribution in [1.82, 2.24) is 20.2 Å². The van der Waals surface area contributed by atoms with Crippen molar-refractivity contribution in [2.24, 2.45) is 0 Å². The Bertz CT molecular complexity index is 996. The molecule has 1 saturated carbocycles. The number of hydrogen-bond acceptors (Lipinski definition) is 5. The molecule has 0 unspecified atom stereocenters. The summed E-state index contributed by atoms with van der Waals surface area (Å²) in [6.07, 6.45) is -2.37. The molecule has 2 aromatic heterocycles. The van der Waals surface area contributed by atoms with Crippen molar-refractivity contribution in [2.45, 2.75) is 43.7 Å². The third kappa shape index (κ3) is 3.70. The van der Waals surface area contributed by atoms with Gasteiger partial charge in [-0.1, -0.05) is 24.6 Å². The van der Waals surface area contributed by atoms with Crippen LogP contribution in [0, 0.1) is 0 Å². The average Bonchev–Trinajstić information content (AvgIpc) is 3.15. The summed E-state index contributed by atoms with van der Waals surface area (Å²) >= 11 is 0. The highest BCUT2D eigenvalue weighted by Gasteiger charge is 2.45. The monoisotopic (exact) mass is 410 g/mol. The van der Waals surface area contributed by atoms with E-state index in [0.717, 1.165) is 12.5 Å². The van der Waals surface area contributed by atoms with Crippen molar-refractivity contribution in [3.05, 3.63) is 59.5 Å². The molecule has 1 aliphatic carbocycles. The molecule has 0 aliphatic heterocycles. The summed E-state index contributed by atoms with van der Waals surface area (Å²) in [5.41, 5.74) is -0.806. The molecule has 0 N–H and O–H groups in total. The molecule has 0 bridgehead atoms. The maximum Gasteiger partial charge on any atom is 0.416 e. The van der Waals surface area contributed by atoms with Gasteiger partial charge in [-0.3, -0.25) is 0 Å². The van der Waals surface area contributed by atoms with Crippen LogP contribution in [0.4, 0.5) is 22.0 Å². The van der Waals surface area contributed by atoms with Crippen LogP contribution in [-0.2, 0) is 18.0 Å². The van der Waals surface area contributed by atoms with Gasteiger partial charge in [-0.2, -0.15) is 22.0 Å². The van der Waals surface area contributed by atoms with E-state index in [1.54, 1.807) is 6.07 Å². The maximum absolute atomic E-state index is 13.5. The lowest BCUT2D eigenvalue weighted by Crippen LogP contribution is -2.39. The number of hydrogen-bond donors (Lipinski definition) is 0. The smallest absolute Gasteiger partial charge is 0.415 e. The van der Waals surface area contributed by atoms with Gasteiger partial charge in [0, 0.05) is 24.2 Å². The summed E-state index contributed by atoms with van der Waals surface area (Å²) in [6.45, 7) is 0. The predicted molar refractivity (Wildman–Crippen MR) is 91.0 cm³/mol. The minimum absolute atomic E-state index is 0.146. The van der Waals surface area contributed by atoms with Crippen LogP contribution in [0.15, 0.2) is 41.1 Å². The predicted octanol–water partition coefficient (Wildman–Crippen LogP) is 5.15. The van der Waals surface area contributed by atoms with E-state index in [0.29, 0.717) is 18.7 Å². The van der Waals surface area contributed by atoms with Crippen molar-refractivity contribution in [2.75, 3.05) is 0 Å². The summed E-state index contributed by atoms with van der Waals surface area (Å²) in [7, 11) is 0. The lowest BCUT2D eigenvalue weighted by Gasteiger charge is -2.43. The zero-order valence-corrected chi connectivity index (χ0v) is 15.0. The molecular weight excluding hydrogens is 395 g/mol. The minimum atomic E-state index is -4.44. The van der Waals surface area contributed by atoms with Crippen molar-refractivity contribution < 1.29 is 26.4 Å². The van der Waals surface area contributed by atoms with Gasteiger partial charge in [0.05, 0.1) is 11.1 Å². The Labute approximate surface area is 162 Å². The number of benzene rings is 1. The minimum Gasteiger partial charge on any atom is -0.415 e. The first-order valence-electron chi connectivity index (χ1n) is 8.88. The van der Waals surface area contributed by atoms with Crippen molar-refractivity contribution >= 4 is 0 Å². The number of halogens is 5. The molecule has 29 heavy (non-hydrogen) atoms. The van der Waals surface area contributed by atoms with E-state index in [1.165, 1.54) is 24.5 Å². The molecule has 2 heterocycles. The third-order valence-electron chi connectivity index (χ3n) is 5.19. The first-order valence-corrected chi connectivity index (χ1v) is 8.88. The first kappa shape index (κ1) is 19.4. The molecule has 1 aliphatic rings. The number of rotatable bonds is 5. The van der Waals surface area contributed by atoms with Crippen LogP contribution >= 0.6 is 0 Å². The molecular formula is C19H15F5N4O.